The Kier molecular flexibility index (Phi) is 4.17. The molecule has 6 heteroatoms. The van der Waals surface area contributed by atoms with Gasteiger partial charge in [-0.15, -0.1) is 0 Å². The van der Waals surface area contributed by atoms with Crippen molar-refractivity contribution in [1.29, 1.82) is 0 Å². The molecule has 2 aliphatic rings. The Morgan fingerprint density at radius 1 is 1.36 bits per heavy atom. The van der Waals surface area contributed by atoms with Crippen molar-refractivity contribution in [2.24, 2.45) is 5.92 Å². The second-order valence-corrected chi connectivity index (χ2v) is 7.86. The number of nitrogens with zero attached hydrogens (tertiary/aromatic N) is 1. The first-order valence-electron chi connectivity index (χ1n) is 8.80. The first kappa shape index (κ1) is 17.6. The summed E-state index contributed by atoms with van der Waals surface area (Å²) in [7, 11) is 0. The molecule has 2 N–H and O–H groups in total. The van der Waals surface area contributed by atoms with E-state index in [-0.39, 0.29) is 18.1 Å². The van der Waals surface area contributed by atoms with Crippen LogP contribution in [-0.4, -0.2) is 39.8 Å². The van der Waals surface area contributed by atoms with E-state index in [0.717, 1.165) is 11.3 Å². The molecule has 3 rings (SSSR count). The van der Waals surface area contributed by atoms with Crippen LogP contribution in [0.3, 0.4) is 0 Å². The van der Waals surface area contributed by atoms with E-state index < -0.39 is 17.1 Å². The van der Waals surface area contributed by atoms with Crippen molar-refractivity contribution >= 4 is 17.7 Å². The zero-order valence-corrected chi connectivity index (χ0v) is 15.2. The van der Waals surface area contributed by atoms with Gasteiger partial charge < -0.3 is 20.1 Å². The highest BCUT2D eigenvalue weighted by Gasteiger charge is 2.57. The highest BCUT2D eigenvalue weighted by molar-refractivity contribution is 5.86. The number of carbonyl (C=O) groups is 2. The number of hydrogen-bond acceptors (Lipinski definition) is 4. The number of ether oxygens (including phenoxy) is 1. The molecule has 1 amide bonds. The Labute approximate surface area is 148 Å². The van der Waals surface area contributed by atoms with E-state index in [4.69, 9.17) is 4.74 Å². The van der Waals surface area contributed by atoms with Gasteiger partial charge in [0.15, 0.2) is 0 Å². The molecule has 0 spiro atoms. The van der Waals surface area contributed by atoms with Crippen LogP contribution in [0.25, 0.3) is 0 Å². The number of aliphatic carboxylic acids is 1. The van der Waals surface area contributed by atoms with Crippen LogP contribution >= 0.6 is 0 Å². The van der Waals surface area contributed by atoms with Crippen molar-refractivity contribution in [3.8, 4) is 0 Å². The van der Waals surface area contributed by atoms with Crippen LogP contribution in [0.5, 0.6) is 0 Å². The molecule has 3 atom stereocenters. The number of hydrogen-bond donors (Lipinski definition) is 2. The van der Waals surface area contributed by atoms with Crippen molar-refractivity contribution in [3.63, 3.8) is 0 Å². The van der Waals surface area contributed by atoms with Gasteiger partial charge in [0.2, 0.25) is 0 Å². The number of carboxylic acids is 1. The summed E-state index contributed by atoms with van der Waals surface area (Å²) in [5.41, 5.74) is 0.0797. The molecule has 0 unspecified atom stereocenters. The predicted molar refractivity (Wildman–Crippen MR) is 94.5 cm³/mol. The Balaban J connectivity index is 2.05. The molecule has 6 nitrogen and oxygen atoms in total. The minimum atomic E-state index is -1.07. The van der Waals surface area contributed by atoms with Gasteiger partial charge >= 0.3 is 12.1 Å². The molecule has 0 radical (unpaired) electrons. The zero-order chi connectivity index (χ0) is 18.4. The van der Waals surface area contributed by atoms with Crippen molar-refractivity contribution in [2.45, 2.75) is 57.7 Å². The Morgan fingerprint density at radius 2 is 2.04 bits per heavy atom. The van der Waals surface area contributed by atoms with Gasteiger partial charge in [0.05, 0.1) is 6.04 Å². The molecule has 1 saturated heterocycles. The number of fused-ring (bicyclic) bond motifs is 3. The van der Waals surface area contributed by atoms with Crippen LogP contribution in [-0.2, 0) is 9.53 Å². The molecule has 0 saturated carbocycles. The summed E-state index contributed by atoms with van der Waals surface area (Å²) in [6.45, 7) is 7.88. The number of nitrogens with one attached hydrogen (secondary N) is 1. The maximum Gasteiger partial charge on any atom is 0.410 e. The number of benzene rings is 1. The quantitative estimate of drug-likeness (QED) is 0.855. The highest BCUT2D eigenvalue weighted by Crippen LogP contribution is 2.51. The molecular weight excluding hydrogens is 320 g/mol. The van der Waals surface area contributed by atoms with Gasteiger partial charge in [0.1, 0.15) is 11.1 Å². The van der Waals surface area contributed by atoms with Crippen LogP contribution in [0.1, 0.15) is 52.1 Å². The monoisotopic (exact) mass is 346 g/mol. The number of likely N-dealkylation sites (tertiary alicyclic amines) is 1. The molecule has 1 aromatic rings. The lowest BCUT2D eigenvalue weighted by atomic mass is 9.71. The SMILES string of the molecule is CC[C@]1(C(=O)O)Nc2ccccc2[C@H]2[C@H]1CCN2C(=O)OC(C)(C)C. The number of carbonyl (C=O) groups excluding carboxylic acids is 1. The Bertz CT molecular complexity index is 697. The van der Waals surface area contributed by atoms with Gasteiger partial charge in [0, 0.05) is 18.2 Å². The van der Waals surface area contributed by atoms with E-state index in [9.17, 15) is 14.7 Å². The third-order valence-corrected chi connectivity index (χ3v) is 5.24. The largest absolute Gasteiger partial charge is 0.479 e. The second-order valence-electron chi connectivity index (χ2n) is 7.86. The first-order valence-corrected chi connectivity index (χ1v) is 8.80. The summed E-state index contributed by atoms with van der Waals surface area (Å²) in [6, 6.07) is 7.35. The zero-order valence-electron chi connectivity index (χ0n) is 15.2. The molecular formula is C19H26N2O4. The summed E-state index contributed by atoms with van der Waals surface area (Å²) in [5.74, 6) is -1.07. The molecule has 2 aliphatic heterocycles. The maximum atomic E-state index is 12.7. The molecule has 1 aromatic carbocycles. The van der Waals surface area contributed by atoms with Crippen LogP contribution in [0.15, 0.2) is 24.3 Å². The van der Waals surface area contributed by atoms with E-state index in [2.05, 4.69) is 5.32 Å². The normalized spacial score (nSPS) is 27.9. The standard InChI is InChI=1S/C19H26N2O4/c1-5-19(16(22)23)13-10-11-21(17(24)25-18(2,3)4)15(13)12-8-6-7-9-14(12)20-19/h6-9,13,15,20H,5,10-11H2,1-4H3,(H,22,23)/t13-,15+,19+/m1/s1. The van der Waals surface area contributed by atoms with Gasteiger partial charge in [-0.25, -0.2) is 9.59 Å². The molecule has 1 fully saturated rings. The topological polar surface area (TPSA) is 78.9 Å². The molecule has 0 aromatic heterocycles. The summed E-state index contributed by atoms with van der Waals surface area (Å²) in [4.78, 5) is 26.6. The fraction of sp³-hybridized carbons (Fsp3) is 0.579. The average Bonchev–Trinajstić information content (AvgIpc) is 2.98. The first-order chi connectivity index (χ1) is 11.7. The summed E-state index contributed by atoms with van der Waals surface area (Å²) in [6.07, 6.45) is 0.692. The second kappa shape index (κ2) is 5.93. The van der Waals surface area contributed by atoms with Crippen molar-refractivity contribution in [3.05, 3.63) is 29.8 Å². The van der Waals surface area contributed by atoms with Crippen LogP contribution in [0.4, 0.5) is 10.5 Å². The third kappa shape index (κ3) is 2.83. The van der Waals surface area contributed by atoms with Crippen LogP contribution < -0.4 is 5.32 Å². The van der Waals surface area contributed by atoms with Gasteiger partial charge in [0.25, 0.3) is 0 Å². The Morgan fingerprint density at radius 3 is 2.64 bits per heavy atom. The average molecular weight is 346 g/mol. The smallest absolute Gasteiger partial charge is 0.410 e. The van der Waals surface area contributed by atoms with Gasteiger partial charge in [-0.3, -0.25) is 0 Å². The van der Waals surface area contributed by atoms with Crippen LogP contribution in [0.2, 0.25) is 0 Å². The van der Waals surface area contributed by atoms with Gasteiger partial charge in [-0.2, -0.15) is 0 Å². The summed E-state index contributed by atoms with van der Waals surface area (Å²) in [5, 5.41) is 13.2. The minimum absolute atomic E-state index is 0.197. The molecule has 0 bridgehead atoms. The van der Waals surface area contributed by atoms with Crippen molar-refractivity contribution in [2.75, 3.05) is 11.9 Å². The minimum Gasteiger partial charge on any atom is -0.479 e. The van der Waals surface area contributed by atoms with E-state index in [1.165, 1.54) is 0 Å². The Hall–Kier alpha value is -2.24. The highest BCUT2D eigenvalue weighted by atomic mass is 16.6. The maximum absolute atomic E-state index is 12.7. The fourth-order valence-corrected chi connectivity index (χ4v) is 4.13. The summed E-state index contributed by atoms with van der Waals surface area (Å²) < 4.78 is 5.57. The van der Waals surface area contributed by atoms with Gasteiger partial charge in [-0.1, -0.05) is 25.1 Å². The van der Waals surface area contributed by atoms with E-state index in [0.29, 0.717) is 19.4 Å². The lowest BCUT2D eigenvalue weighted by Gasteiger charge is -2.45. The van der Waals surface area contributed by atoms with Crippen molar-refractivity contribution in [1.82, 2.24) is 4.90 Å². The lowest BCUT2D eigenvalue weighted by Crippen LogP contribution is -2.56. The molecule has 2 heterocycles. The number of rotatable bonds is 2. The molecule has 136 valence electrons. The van der Waals surface area contributed by atoms with Crippen LogP contribution in [0, 0.1) is 5.92 Å². The lowest BCUT2D eigenvalue weighted by molar-refractivity contribution is -0.145. The number of anilines is 1. The third-order valence-electron chi connectivity index (χ3n) is 5.24. The number of carboxylic acid groups (broad SMARTS) is 1. The predicted octanol–water partition coefficient (Wildman–Crippen LogP) is 3.64. The van der Waals surface area contributed by atoms with E-state index in [1.807, 2.05) is 52.0 Å². The number of para-hydroxylation sites is 1. The summed E-state index contributed by atoms with van der Waals surface area (Å²) >= 11 is 0. The van der Waals surface area contributed by atoms with E-state index in [1.54, 1.807) is 4.90 Å². The number of amides is 1. The molecule has 25 heavy (non-hydrogen) atoms. The fourth-order valence-electron chi connectivity index (χ4n) is 4.13. The van der Waals surface area contributed by atoms with Crippen molar-refractivity contribution < 1.29 is 19.4 Å². The molecule has 0 aliphatic carbocycles. The van der Waals surface area contributed by atoms with E-state index >= 15 is 0 Å². The van der Waals surface area contributed by atoms with Gasteiger partial charge in [-0.05, 0) is 45.2 Å².